The van der Waals surface area contributed by atoms with Crippen LogP contribution in [-0.2, 0) is 5.33 Å². The van der Waals surface area contributed by atoms with Crippen LogP contribution in [0.15, 0.2) is 6.07 Å². The van der Waals surface area contributed by atoms with E-state index in [-0.39, 0.29) is 0 Å². The van der Waals surface area contributed by atoms with E-state index in [4.69, 9.17) is 0 Å². The molecule has 0 aliphatic heterocycles. The smallest absolute Gasteiger partial charge is 0.0286 e. The van der Waals surface area contributed by atoms with Gasteiger partial charge in [-0.1, -0.05) is 231 Å². The summed E-state index contributed by atoms with van der Waals surface area (Å²) >= 11 is 4.06. The van der Waals surface area contributed by atoms with Gasteiger partial charge < -0.3 is 0 Å². The van der Waals surface area contributed by atoms with Crippen LogP contribution < -0.4 is 0 Å². The normalized spacial score (nSPS) is 14.4. The fraction of sp³-hybridized carbons (Fsp3) is 0.872. The molecule has 1 rings (SSSR count). The van der Waals surface area contributed by atoms with Crippen LogP contribution in [0.4, 0.5) is 0 Å². The van der Waals surface area contributed by atoms with Crippen LogP contribution in [0.3, 0.4) is 0 Å². The Bertz CT molecular complexity index is 870. The molecule has 0 aromatic heterocycles. The first kappa shape index (κ1) is 45.7. The lowest BCUT2D eigenvalue weighted by Crippen LogP contribution is -2.16. The van der Waals surface area contributed by atoms with Crippen LogP contribution in [0, 0.1) is 0 Å². The molecule has 0 spiro atoms. The molecule has 0 aliphatic carbocycles. The highest BCUT2D eigenvalue weighted by Crippen LogP contribution is 2.45. The topological polar surface area (TPSA) is 0 Å². The van der Waals surface area contributed by atoms with Crippen molar-refractivity contribution in [2.75, 3.05) is 0 Å². The van der Waals surface area contributed by atoms with E-state index < -0.39 is 0 Å². The van der Waals surface area contributed by atoms with Gasteiger partial charge in [-0.15, -0.1) is 0 Å². The fourth-order valence-electron chi connectivity index (χ4n) is 8.51. The summed E-state index contributed by atoms with van der Waals surface area (Å²) in [5.41, 5.74) is 8.76. The summed E-state index contributed by atoms with van der Waals surface area (Å²) in [6.45, 7) is 19.8. The fourth-order valence-corrected chi connectivity index (χ4v) is 8.97. The molecule has 0 saturated heterocycles. The van der Waals surface area contributed by atoms with Crippen molar-refractivity contribution in [3.63, 3.8) is 0 Å². The Morgan fingerprint density at radius 2 is 0.667 bits per heavy atom. The highest BCUT2D eigenvalue weighted by molar-refractivity contribution is 9.08. The third-order valence-corrected chi connectivity index (χ3v) is 12.3. The number of alkyl halides is 1. The van der Waals surface area contributed by atoms with Gasteiger partial charge in [0.15, 0.2) is 0 Å². The summed E-state index contributed by atoms with van der Waals surface area (Å²) < 4.78 is 0. The maximum absolute atomic E-state index is 4.06. The first-order valence-corrected chi connectivity index (χ1v) is 23.2. The highest BCUT2D eigenvalue weighted by atomic mass is 79.9. The minimum absolute atomic E-state index is 0.647. The van der Waals surface area contributed by atoms with E-state index in [1.165, 1.54) is 180 Å². The molecule has 0 N–H and O–H groups in total. The zero-order chi connectivity index (χ0) is 35.4. The van der Waals surface area contributed by atoms with Crippen molar-refractivity contribution >= 4 is 15.9 Å². The van der Waals surface area contributed by atoms with Crippen molar-refractivity contribution in [1.82, 2.24) is 0 Å². The second-order valence-corrected chi connectivity index (χ2v) is 16.9. The van der Waals surface area contributed by atoms with Crippen molar-refractivity contribution < 1.29 is 0 Å². The summed E-state index contributed by atoms with van der Waals surface area (Å²) in [6, 6.07) is 2.73. The van der Waals surface area contributed by atoms with Crippen molar-refractivity contribution in [1.29, 1.82) is 0 Å². The largest absolute Gasteiger partial charge is 0.0876 e. The third kappa shape index (κ3) is 18.8. The Kier molecular flexibility index (Phi) is 28.9. The van der Waals surface area contributed by atoms with E-state index in [2.05, 4.69) is 77.4 Å². The number of hydrogen-bond acceptors (Lipinski definition) is 0. The molecule has 282 valence electrons. The molecule has 0 saturated carbocycles. The Morgan fingerprint density at radius 1 is 0.375 bits per heavy atom. The summed E-state index contributed by atoms with van der Waals surface area (Å²) in [6.07, 6.45) is 39.0. The lowest BCUT2D eigenvalue weighted by molar-refractivity contribution is 0.516. The van der Waals surface area contributed by atoms with Crippen LogP contribution >= 0.6 is 15.9 Å². The van der Waals surface area contributed by atoms with Crippen molar-refractivity contribution in [3.8, 4) is 0 Å². The Balaban J connectivity index is 3.49. The average Bonchev–Trinajstić information content (AvgIpc) is 3.09. The summed E-state index contributed by atoms with van der Waals surface area (Å²) in [7, 11) is 0. The van der Waals surface area contributed by atoms with Gasteiger partial charge in [0.1, 0.15) is 0 Å². The predicted molar refractivity (Wildman–Crippen MR) is 225 cm³/mol. The lowest BCUT2D eigenvalue weighted by Gasteiger charge is -2.33. The predicted octanol–water partition coefficient (Wildman–Crippen LogP) is 18.0. The van der Waals surface area contributed by atoms with Gasteiger partial charge in [-0.05, 0) is 77.2 Å². The van der Waals surface area contributed by atoms with E-state index in [9.17, 15) is 0 Å². The average molecular weight is 732 g/mol. The highest BCUT2D eigenvalue weighted by Gasteiger charge is 2.28. The second-order valence-electron chi connectivity index (χ2n) is 16.3. The van der Waals surface area contributed by atoms with Crippen LogP contribution in [0.25, 0.3) is 0 Å². The monoisotopic (exact) mass is 731 g/mol. The zero-order valence-electron chi connectivity index (χ0n) is 34.3. The minimum atomic E-state index is 0.647. The molecule has 0 bridgehead atoms. The van der Waals surface area contributed by atoms with Crippen LogP contribution in [0.1, 0.15) is 287 Å². The van der Waals surface area contributed by atoms with E-state index in [1.807, 2.05) is 11.1 Å². The van der Waals surface area contributed by atoms with E-state index in [0.29, 0.717) is 23.7 Å². The van der Waals surface area contributed by atoms with Gasteiger partial charge in [0, 0.05) is 5.33 Å². The van der Waals surface area contributed by atoms with Crippen LogP contribution in [0.5, 0.6) is 0 Å². The third-order valence-electron chi connectivity index (χ3n) is 11.7. The SMILES string of the molecule is CCCCCCCCC(C)c1cc(CBr)c(C(C)CCCCCCCC)c(C(C)CCCCCCCC)c1C(C)CCCCCCCC. The van der Waals surface area contributed by atoms with Crippen molar-refractivity contribution in [2.24, 2.45) is 0 Å². The molecule has 0 radical (unpaired) electrons. The molecule has 1 heteroatoms. The standard InChI is InChI=1S/C47H87Br/c1-9-13-17-21-25-29-33-39(5)44-37-43(38-48)45(40(6)34-30-26-22-18-14-10-2)47(42(8)36-32-28-24-20-16-12-4)46(44)41(7)35-31-27-23-19-15-11-3/h37,39-42H,9-36,38H2,1-8H3. The van der Waals surface area contributed by atoms with Crippen LogP contribution in [0.2, 0.25) is 0 Å². The molecule has 48 heavy (non-hydrogen) atoms. The molecule has 1 aromatic rings. The van der Waals surface area contributed by atoms with Gasteiger partial charge in [-0.2, -0.15) is 0 Å². The Hall–Kier alpha value is -0.300. The second kappa shape index (κ2) is 30.3. The zero-order valence-corrected chi connectivity index (χ0v) is 35.9. The molecule has 0 amide bonds. The summed E-state index contributed by atoms with van der Waals surface area (Å²) in [4.78, 5) is 0. The maximum atomic E-state index is 4.06. The molecule has 4 atom stereocenters. The molecule has 0 fully saturated rings. The maximum Gasteiger partial charge on any atom is 0.0286 e. The number of hydrogen-bond donors (Lipinski definition) is 0. The number of benzene rings is 1. The Labute approximate surface area is 312 Å². The Morgan fingerprint density at radius 3 is 1.02 bits per heavy atom. The van der Waals surface area contributed by atoms with Gasteiger partial charge in [-0.3, -0.25) is 0 Å². The van der Waals surface area contributed by atoms with E-state index >= 15 is 0 Å². The van der Waals surface area contributed by atoms with Gasteiger partial charge in [0.25, 0.3) is 0 Å². The van der Waals surface area contributed by atoms with Gasteiger partial charge >= 0.3 is 0 Å². The molecular weight excluding hydrogens is 644 g/mol. The first-order valence-electron chi connectivity index (χ1n) is 22.1. The quantitative estimate of drug-likeness (QED) is 0.0499. The summed E-state index contributed by atoms with van der Waals surface area (Å²) in [5.74, 6) is 2.61. The molecule has 4 unspecified atom stereocenters. The van der Waals surface area contributed by atoms with Gasteiger partial charge in [0.05, 0.1) is 0 Å². The molecule has 1 aromatic carbocycles. The van der Waals surface area contributed by atoms with Crippen molar-refractivity contribution in [2.45, 2.75) is 264 Å². The molecule has 0 nitrogen and oxygen atoms in total. The lowest BCUT2D eigenvalue weighted by atomic mass is 9.72. The summed E-state index contributed by atoms with van der Waals surface area (Å²) in [5, 5.41) is 1.00. The number of halogens is 1. The van der Waals surface area contributed by atoms with E-state index in [0.717, 1.165) is 5.33 Å². The van der Waals surface area contributed by atoms with E-state index in [1.54, 1.807) is 16.7 Å². The van der Waals surface area contributed by atoms with Crippen molar-refractivity contribution in [3.05, 3.63) is 33.9 Å². The first-order chi connectivity index (χ1) is 23.4. The molecule has 0 aliphatic rings. The van der Waals surface area contributed by atoms with Crippen LogP contribution in [-0.4, -0.2) is 0 Å². The molecule has 0 heterocycles. The van der Waals surface area contributed by atoms with Gasteiger partial charge in [-0.25, -0.2) is 0 Å². The van der Waals surface area contributed by atoms with Gasteiger partial charge in [0.2, 0.25) is 0 Å². The minimum Gasteiger partial charge on any atom is -0.0876 e. The molecular formula is C47H87Br. The number of rotatable bonds is 33. The number of unbranched alkanes of at least 4 members (excludes halogenated alkanes) is 20.